The van der Waals surface area contributed by atoms with E-state index in [1.54, 1.807) is 6.92 Å². The summed E-state index contributed by atoms with van der Waals surface area (Å²) in [6.07, 6.45) is 0.489. The summed E-state index contributed by atoms with van der Waals surface area (Å²) in [5, 5.41) is 3.43. The van der Waals surface area contributed by atoms with E-state index in [0.717, 1.165) is 0 Å². The largest absolute Gasteiger partial charge is 0.382 e. The Morgan fingerprint density at radius 1 is 1.53 bits per heavy atom. The first-order valence-corrected chi connectivity index (χ1v) is 5.75. The monoisotopic (exact) mass is 276 g/mol. The highest BCUT2D eigenvalue weighted by molar-refractivity contribution is 6.37. The molecular weight excluding hydrogens is 263 g/mol. The van der Waals surface area contributed by atoms with Crippen LogP contribution in [0, 0.1) is 0 Å². The zero-order valence-electron chi connectivity index (χ0n) is 9.55. The average molecular weight is 277 g/mol. The number of anilines is 2. The molecule has 0 saturated carbocycles. The van der Waals surface area contributed by atoms with Crippen molar-refractivity contribution in [2.45, 2.75) is 25.8 Å². The summed E-state index contributed by atoms with van der Waals surface area (Å²) >= 11 is 11.7. The Morgan fingerprint density at radius 3 is 2.59 bits per heavy atom. The lowest BCUT2D eigenvalue weighted by atomic mass is 9.98. The number of aromatic nitrogens is 1. The third-order valence-electron chi connectivity index (χ3n) is 2.60. The van der Waals surface area contributed by atoms with E-state index in [9.17, 15) is 4.79 Å². The molecule has 5 nitrogen and oxygen atoms in total. The van der Waals surface area contributed by atoms with Crippen molar-refractivity contribution in [3.05, 3.63) is 16.1 Å². The average Bonchev–Trinajstić information content (AvgIpc) is 2.25. The second-order valence-electron chi connectivity index (χ2n) is 3.86. The molecule has 0 aliphatic rings. The molecule has 1 aromatic rings. The van der Waals surface area contributed by atoms with E-state index in [4.69, 9.17) is 34.7 Å². The molecule has 0 aliphatic carbocycles. The third kappa shape index (κ3) is 2.92. The molecule has 0 aliphatic heterocycles. The van der Waals surface area contributed by atoms with E-state index in [1.165, 1.54) is 6.07 Å². The van der Waals surface area contributed by atoms with Crippen molar-refractivity contribution in [3.8, 4) is 0 Å². The van der Waals surface area contributed by atoms with Crippen LogP contribution < -0.4 is 16.8 Å². The molecule has 0 saturated heterocycles. The number of pyridine rings is 1. The molecule has 0 bridgehead atoms. The number of nitrogens with zero attached hydrogens (tertiary/aromatic N) is 1. The number of primary amides is 1. The summed E-state index contributed by atoms with van der Waals surface area (Å²) in [6, 6.07) is 1.46. The number of hydrogen-bond donors (Lipinski definition) is 3. The second-order valence-corrected chi connectivity index (χ2v) is 4.68. The van der Waals surface area contributed by atoms with Gasteiger partial charge in [-0.2, -0.15) is 0 Å². The van der Waals surface area contributed by atoms with Gasteiger partial charge < -0.3 is 16.8 Å². The molecule has 1 atom stereocenters. The highest BCUT2D eigenvalue weighted by Gasteiger charge is 2.30. The molecule has 94 valence electrons. The molecule has 1 rings (SSSR count). The molecule has 1 unspecified atom stereocenters. The van der Waals surface area contributed by atoms with Gasteiger partial charge in [-0.1, -0.05) is 30.1 Å². The maximum absolute atomic E-state index is 11.4. The van der Waals surface area contributed by atoms with Gasteiger partial charge in [0.2, 0.25) is 5.91 Å². The zero-order valence-corrected chi connectivity index (χ0v) is 11.1. The standard InChI is InChI=1S/C10H14Cl2N4O/c1-3-10(2,9(14)17)16-8-6(12)4-5(11)7(13)15-8/h4H,3H2,1-2H3,(H2,14,17)(H3,13,15,16). The Balaban J connectivity index is 3.10. The molecule has 1 heterocycles. The van der Waals surface area contributed by atoms with Crippen LogP contribution in [0.1, 0.15) is 20.3 Å². The number of nitrogens with two attached hydrogens (primary N) is 2. The topological polar surface area (TPSA) is 94.0 Å². The first-order chi connectivity index (χ1) is 7.80. The fraction of sp³-hybridized carbons (Fsp3) is 0.400. The van der Waals surface area contributed by atoms with Gasteiger partial charge in [0.25, 0.3) is 0 Å². The van der Waals surface area contributed by atoms with Crippen LogP contribution in [0.3, 0.4) is 0 Å². The molecular formula is C10H14Cl2N4O. The van der Waals surface area contributed by atoms with Crippen LogP contribution in [0.25, 0.3) is 0 Å². The normalized spacial score (nSPS) is 14.1. The Morgan fingerprint density at radius 2 is 2.12 bits per heavy atom. The van der Waals surface area contributed by atoms with Crippen molar-refractivity contribution < 1.29 is 4.79 Å². The van der Waals surface area contributed by atoms with Gasteiger partial charge in [-0.25, -0.2) is 4.98 Å². The van der Waals surface area contributed by atoms with Crippen molar-refractivity contribution in [1.82, 2.24) is 4.98 Å². The van der Waals surface area contributed by atoms with Crippen LogP contribution in [-0.2, 0) is 4.79 Å². The zero-order chi connectivity index (χ0) is 13.2. The van der Waals surface area contributed by atoms with Crippen LogP contribution in [0.5, 0.6) is 0 Å². The summed E-state index contributed by atoms with van der Waals surface area (Å²) in [6.45, 7) is 3.49. The fourth-order valence-electron chi connectivity index (χ4n) is 1.15. The fourth-order valence-corrected chi connectivity index (χ4v) is 1.56. The van der Waals surface area contributed by atoms with E-state index in [1.807, 2.05) is 6.92 Å². The highest BCUT2D eigenvalue weighted by Crippen LogP contribution is 2.29. The summed E-state index contributed by atoms with van der Waals surface area (Å²) in [5.41, 5.74) is 9.95. The first-order valence-electron chi connectivity index (χ1n) is 4.99. The minimum Gasteiger partial charge on any atom is -0.382 e. The lowest BCUT2D eigenvalue weighted by Crippen LogP contribution is -2.47. The Labute approximate surface area is 109 Å². The SMILES string of the molecule is CCC(C)(Nc1nc(N)c(Cl)cc1Cl)C(N)=O. The molecule has 1 aromatic heterocycles. The number of nitrogens with one attached hydrogen (secondary N) is 1. The Kier molecular flexibility index (Phi) is 4.06. The third-order valence-corrected chi connectivity index (χ3v) is 3.19. The maximum Gasteiger partial charge on any atom is 0.242 e. The number of halogens is 2. The smallest absolute Gasteiger partial charge is 0.242 e. The van der Waals surface area contributed by atoms with E-state index < -0.39 is 11.4 Å². The van der Waals surface area contributed by atoms with Crippen molar-refractivity contribution in [2.24, 2.45) is 5.73 Å². The number of nitrogen functional groups attached to an aromatic ring is 1. The first kappa shape index (κ1) is 13.9. The van der Waals surface area contributed by atoms with Gasteiger partial charge in [-0.05, 0) is 19.4 Å². The number of carbonyl (C=O) groups is 1. The van der Waals surface area contributed by atoms with Gasteiger partial charge in [0.15, 0.2) is 0 Å². The van der Waals surface area contributed by atoms with Gasteiger partial charge in [0.05, 0.1) is 10.0 Å². The number of rotatable bonds is 4. The van der Waals surface area contributed by atoms with Crippen molar-refractivity contribution in [3.63, 3.8) is 0 Å². The Bertz CT molecular complexity index is 452. The molecule has 1 amide bonds. The molecule has 0 fully saturated rings. The van der Waals surface area contributed by atoms with Gasteiger partial charge >= 0.3 is 0 Å². The summed E-state index contributed by atoms with van der Waals surface area (Å²) in [7, 11) is 0. The Hall–Kier alpha value is -1.20. The van der Waals surface area contributed by atoms with Gasteiger partial charge in [-0.3, -0.25) is 4.79 Å². The number of hydrogen-bond acceptors (Lipinski definition) is 4. The van der Waals surface area contributed by atoms with E-state index in [-0.39, 0.29) is 21.7 Å². The molecule has 5 N–H and O–H groups in total. The highest BCUT2D eigenvalue weighted by atomic mass is 35.5. The van der Waals surface area contributed by atoms with Gasteiger partial charge in [0, 0.05) is 0 Å². The number of amides is 1. The van der Waals surface area contributed by atoms with E-state index in [0.29, 0.717) is 6.42 Å². The lowest BCUT2D eigenvalue weighted by Gasteiger charge is -2.27. The molecule has 0 radical (unpaired) electrons. The van der Waals surface area contributed by atoms with E-state index in [2.05, 4.69) is 10.3 Å². The molecule has 0 spiro atoms. The van der Waals surface area contributed by atoms with Crippen LogP contribution in [0.4, 0.5) is 11.6 Å². The second kappa shape index (κ2) is 4.98. The van der Waals surface area contributed by atoms with Crippen molar-refractivity contribution in [1.29, 1.82) is 0 Å². The molecule has 7 heteroatoms. The summed E-state index contributed by atoms with van der Waals surface area (Å²) in [5.74, 6) is -0.0652. The van der Waals surface area contributed by atoms with Gasteiger partial charge in [0.1, 0.15) is 17.2 Å². The minimum absolute atomic E-state index is 0.140. The predicted molar refractivity (Wildman–Crippen MR) is 70.2 cm³/mol. The quantitative estimate of drug-likeness (QED) is 0.784. The van der Waals surface area contributed by atoms with Crippen LogP contribution in [0.15, 0.2) is 6.07 Å². The molecule has 0 aromatic carbocycles. The van der Waals surface area contributed by atoms with Crippen molar-refractivity contribution in [2.75, 3.05) is 11.1 Å². The van der Waals surface area contributed by atoms with Gasteiger partial charge in [-0.15, -0.1) is 0 Å². The number of carbonyl (C=O) groups excluding carboxylic acids is 1. The lowest BCUT2D eigenvalue weighted by molar-refractivity contribution is -0.121. The van der Waals surface area contributed by atoms with E-state index >= 15 is 0 Å². The maximum atomic E-state index is 11.4. The van der Waals surface area contributed by atoms with Crippen LogP contribution in [0.2, 0.25) is 10.0 Å². The predicted octanol–water partition coefficient (Wildman–Crippen LogP) is 2.04. The van der Waals surface area contributed by atoms with Crippen LogP contribution in [-0.4, -0.2) is 16.4 Å². The molecule has 17 heavy (non-hydrogen) atoms. The summed E-state index contributed by atoms with van der Waals surface area (Å²) < 4.78 is 0. The minimum atomic E-state index is -0.934. The van der Waals surface area contributed by atoms with Crippen LogP contribution >= 0.6 is 23.2 Å². The van der Waals surface area contributed by atoms with Crippen molar-refractivity contribution >= 4 is 40.7 Å². The summed E-state index contributed by atoms with van der Waals surface area (Å²) in [4.78, 5) is 15.3.